The van der Waals surface area contributed by atoms with Crippen LogP contribution in [-0.2, 0) is 12.8 Å². The van der Waals surface area contributed by atoms with Gasteiger partial charge >= 0.3 is 0 Å². The van der Waals surface area contributed by atoms with Crippen molar-refractivity contribution in [2.45, 2.75) is 78.1 Å². The Morgan fingerprint density at radius 2 is 1.32 bits per heavy atom. The van der Waals surface area contributed by atoms with Gasteiger partial charge in [0.2, 0.25) is 0 Å². The molecular formula is C31H35FOS. The Labute approximate surface area is 208 Å². The maximum Gasteiger partial charge on any atom is 0.198 e. The molecule has 1 aromatic heterocycles. The van der Waals surface area contributed by atoms with Crippen LogP contribution in [0.25, 0.3) is 32.9 Å². The predicted molar refractivity (Wildman–Crippen MR) is 146 cm³/mol. The van der Waals surface area contributed by atoms with Crippen molar-refractivity contribution in [2.75, 3.05) is 0 Å². The highest BCUT2D eigenvalue weighted by Gasteiger charge is 2.14. The van der Waals surface area contributed by atoms with Crippen molar-refractivity contribution in [3.05, 3.63) is 76.2 Å². The van der Waals surface area contributed by atoms with Crippen molar-refractivity contribution in [3.63, 3.8) is 0 Å². The molecule has 0 spiro atoms. The molecule has 4 aromatic rings. The molecule has 0 aliphatic carbocycles. The molecule has 0 bridgehead atoms. The predicted octanol–water partition coefficient (Wildman–Crippen LogP) is 10.4. The highest BCUT2D eigenvalue weighted by Crippen LogP contribution is 2.33. The van der Waals surface area contributed by atoms with Crippen LogP contribution in [0.2, 0.25) is 0 Å². The summed E-state index contributed by atoms with van der Waals surface area (Å²) in [7, 11) is 0. The Bertz CT molecular complexity index is 1300. The van der Waals surface area contributed by atoms with E-state index in [9.17, 15) is 0 Å². The standard InChI is InChI=1S/C31H35FOS/c1-3-5-7-8-10-12-24-17-20-27-26-19-18-25(21-28(26)31(34)33-30(27)29(24)32)23-15-13-22(14-16-23)11-9-6-4-2/h13-21H,3-12H2,1-2H3. The van der Waals surface area contributed by atoms with Crippen molar-refractivity contribution in [1.29, 1.82) is 0 Å². The first kappa shape index (κ1) is 24.6. The summed E-state index contributed by atoms with van der Waals surface area (Å²) >= 11 is 5.58. The summed E-state index contributed by atoms with van der Waals surface area (Å²) < 4.78 is 21.5. The molecule has 0 saturated carbocycles. The molecule has 1 nitrogen and oxygen atoms in total. The first-order valence-corrected chi connectivity index (χ1v) is 13.3. The average Bonchev–Trinajstić information content (AvgIpc) is 2.86. The van der Waals surface area contributed by atoms with Crippen LogP contribution in [0.4, 0.5) is 4.39 Å². The highest BCUT2D eigenvalue weighted by atomic mass is 32.1. The minimum Gasteiger partial charge on any atom is -0.441 e. The number of aryl methyl sites for hydroxylation is 2. The van der Waals surface area contributed by atoms with Crippen LogP contribution in [0, 0.1) is 10.5 Å². The fourth-order valence-corrected chi connectivity index (χ4v) is 4.99. The van der Waals surface area contributed by atoms with Crippen LogP contribution in [0.1, 0.15) is 76.3 Å². The SMILES string of the molecule is CCCCCCCc1ccc2c(oc(=S)c3cc(-c4ccc(CCCCC)cc4)ccc32)c1F. The third kappa shape index (κ3) is 5.58. The van der Waals surface area contributed by atoms with Crippen molar-refractivity contribution < 1.29 is 8.81 Å². The minimum absolute atomic E-state index is 0.260. The third-order valence-corrected chi connectivity index (χ3v) is 7.11. The fraction of sp³-hybridized carbons (Fsp3) is 0.387. The quantitative estimate of drug-likeness (QED) is 0.122. The summed E-state index contributed by atoms with van der Waals surface area (Å²) in [5, 5.41) is 2.59. The molecule has 178 valence electrons. The van der Waals surface area contributed by atoms with Gasteiger partial charge in [0, 0.05) is 10.8 Å². The van der Waals surface area contributed by atoms with Gasteiger partial charge in [-0.3, -0.25) is 0 Å². The fourth-order valence-electron chi connectivity index (χ4n) is 4.74. The summed E-state index contributed by atoms with van der Waals surface area (Å²) in [6.45, 7) is 4.43. The molecule has 3 heteroatoms. The van der Waals surface area contributed by atoms with E-state index in [1.165, 1.54) is 44.1 Å². The molecule has 1 heterocycles. The molecule has 0 saturated heterocycles. The zero-order chi connectivity index (χ0) is 23.9. The average molecular weight is 475 g/mol. The number of unbranched alkanes of at least 4 members (excludes halogenated alkanes) is 6. The van der Waals surface area contributed by atoms with Crippen LogP contribution in [-0.4, -0.2) is 0 Å². The second kappa shape index (κ2) is 11.8. The lowest BCUT2D eigenvalue weighted by molar-refractivity contribution is 0.535. The maximum absolute atomic E-state index is 15.3. The first-order chi connectivity index (χ1) is 16.6. The number of halogens is 1. The zero-order valence-electron chi connectivity index (χ0n) is 20.5. The lowest BCUT2D eigenvalue weighted by atomic mass is 9.97. The molecule has 0 atom stereocenters. The van der Waals surface area contributed by atoms with Gasteiger partial charge in [0.15, 0.2) is 16.1 Å². The number of rotatable bonds is 11. The molecule has 3 aromatic carbocycles. The summed E-state index contributed by atoms with van der Waals surface area (Å²) in [4.78, 5) is 0. The van der Waals surface area contributed by atoms with E-state index in [1.54, 1.807) is 0 Å². The second-order valence-electron chi connectivity index (χ2n) is 9.38. The van der Waals surface area contributed by atoms with E-state index in [2.05, 4.69) is 56.3 Å². The molecule has 0 fully saturated rings. The van der Waals surface area contributed by atoms with Crippen molar-refractivity contribution in [3.8, 4) is 11.1 Å². The highest BCUT2D eigenvalue weighted by molar-refractivity contribution is 7.71. The Hall–Kier alpha value is -2.52. The summed E-state index contributed by atoms with van der Waals surface area (Å²) in [5.74, 6) is -0.260. The molecule has 0 unspecified atom stereocenters. The van der Waals surface area contributed by atoms with E-state index in [1.807, 2.05) is 12.1 Å². The Morgan fingerprint density at radius 1 is 0.676 bits per heavy atom. The largest absolute Gasteiger partial charge is 0.441 e. The minimum atomic E-state index is -0.260. The summed E-state index contributed by atoms with van der Waals surface area (Å²) in [5.41, 5.74) is 4.63. The van der Waals surface area contributed by atoms with E-state index in [0.717, 1.165) is 58.5 Å². The van der Waals surface area contributed by atoms with Crippen molar-refractivity contribution in [2.24, 2.45) is 0 Å². The van der Waals surface area contributed by atoms with Crippen molar-refractivity contribution >= 4 is 34.0 Å². The number of benzene rings is 3. The molecule has 0 N–H and O–H groups in total. The second-order valence-corrected chi connectivity index (χ2v) is 9.75. The van der Waals surface area contributed by atoms with Gasteiger partial charge in [-0.2, -0.15) is 0 Å². The van der Waals surface area contributed by atoms with Gasteiger partial charge in [-0.05, 0) is 71.6 Å². The molecule has 0 amide bonds. The smallest absolute Gasteiger partial charge is 0.198 e. The van der Waals surface area contributed by atoms with E-state index < -0.39 is 0 Å². The molecule has 4 rings (SSSR count). The van der Waals surface area contributed by atoms with E-state index in [-0.39, 0.29) is 11.4 Å². The van der Waals surface area contributed by atoms with Gasteiger partial charge in [0.1, 0.15) is 0 Å². The molecule has 0 radical (unpaired) electrons. The maximum atomic E-state index is 15.3. The van der Waals surface area contributed by atoms with E-state index >= 15 is 4.39 Å². The lowest BCUT2D eigenvalue weighted by Crippen LogP contribution is -1.94. The van der Waals surface area contributed by atoms with Crippen LogP contribution < -0.4 is 0 Å². The van der Waals surface area contributed by atoms with Crippen LogP contribution in [0.15, 0.2) is 59.0 Å². The third-order valence-electron chi connectivity index (χ3n) is 6.81. The van der Waals surface area contributed by atoms with E-state index in [4.69, 9.17) is 16.6 Å². The molecule has 0 aliphatic rings. The van der Waals surface area contributed by atoms with Gasteiger partial charge in [-0.15, -0.1) is 0 Å². The number of hydrogen-bond acceptors (Lipinski definition) is 2. The van der Waals surface area contributed by atoms with Gasteiger partial charge in [0.25, 0.3) is 0 Å². The Balaban J connectivity index is 1.61. The van der Waals surface area contributed by atoms with Crippen molar-refractivity contribution in [1.82, 2.24) is 0 Å². The van der Waals surface area contributed by atoms with E-state index in [0.29, 0.717) is 4.71 Å². The van der Waals surface area contributed by atoms with Gasteiger partial charge in [-0.25, -0.2) is 4.39 Å². The molecule has 34 heavy (non-hydrogen) atoms. The van der Waals surface area contributed by atoms with Gasteiger partial charge in [0.05, 0.1) is 0 Å². The molecular weight excluding hydrogens is 439 g/mol. The lowest BCUT2D eigenvalue weighted by Gasteiger charge is -2.10. The zero-order valence-corrected chi connectivity index (χ0v) is 21.3. The summed E-state index contributed by atoms with van der Waals surface area (Å²) in [6, 6.07) is 18.9. The normalized spacial score (nSPS) is 11.5. The topological polar surface area (TPSA) is 13.1 Å². The number of fused-ring (bicyclic) bond motifs is 3. The first-order valence-electron chi connectivity index (χ1n) is 12.9. The van der Waals surface area contributed by atoms with Gasteiger partial charge in [-0.1, -0.05) is 101 Å². The Morgan fingerprint density at radius 3 is 2.09 bits per heavy atom. The van der Waals surface area contributed by atoms with Gasteiger partial charge < -0.3 is 4.42 Å². The van der Waals surface area contributed by atoms with Crippen LogP contribution >= 0.6 is 12.2 Å². The van der Waals surface area contributed by atoms with Crippen LogP contribution in [0.5, 0.6) is 0 Å². The molecule has 0 aliphatic heterocycles. The Kier molecular flexibility index (Phi) is 8.50. The van der Waals surface area contributed by atoms with Crippen LogP contribution in [0.3, 0.4) is 0 Å². The number of hydrogen-bond donors (Lipinski definition) is 0. The monoisotopic (exact) mass is 474 g/mol. The summed E-state index contributed by atoms with van der Waals surface area (Å²) in [6.07, 6.45) is 11.4.